The van der Waals surface area contributed by atoms with Crippen molar-refractivity contribution in [3.63, 3.8) is 0 Å². The van der Waals surface area contributed by atoms with Crippen molar-refractivity contribution in [1.82, 2.24) is 9.97 Å². The molecule has 0 fully saturated rings. The Morgan fingerprint density at radius 2 is 1.67 bits per heavy atom. The molecule has 2 N–H and O–H groups in total. The Bertz CT molecular complexity index is 648. The molecule has 0 amide bonds. The van der Waals surface area contributed by atoms with Gasteiger partial charge in [0, 0.05) is 11.6 Å². The number of alkyl halides is 1. The van der Waals surface area contributed by atoms with Crippen LogP contribution in [-0.4, -0.2) is 24.2 Å². The summed E-state index contributed by atoms with van der Waals surface area (Å²) in [5.41, 5.74) is 5.36. The van der Waals surface area contributed by atoms with Gasteiger partial charge in [0.2, 0.25) is 11.8 Å². The van der Waals surface area contributed by atoms with Crippen molar-refractivity contribution in [2.24, 2.45) is 0 Å². The average Bonchev–Trinajstić information content (AvgIpc) is 2.49. The molecule has 8 heteroatoms. The predicted octanol–water partition coefficient (Wildman–Crippen LogP) is 2.68. The van der Waals surface area contributed by atoms with Crippen LogP contribution in [0.5, 0.6) is 11.8 Å². The third-order valence-electron chi connectivity index (χ3n) is 2.74. The number of benzene rings is 1. The molecule has 1 atom stereocenters. The second kappa shape index (κ2) is 6.09. The summed E-state index contributed by atoms with van der Waals surface area (Å²) in [5.74, 6) is -1.22. The number of aromatic nitrogens is 2. The molecule has 0 bridgehead atoms. The first-order valence-electron chi connectivity index (χ1n) is 5.81. The zero-order valence-electron chi connectivity index (χ0n) is 11.2. The summed E-state index contributed by atoms with van der Waals surface area (Å²) < 4.78 is 36.8. The van der Waals surface area contributed by atoms with Gasteiger partial charge in [0.25, 0.3) is 0 Å². The molecule has 2 aromatic rings. The van der Waals surface area contributed by atoms with Crippen LogP contribution in [0.2, 0.25) is 0 Å². The van der Waals surface area contributed by atoms with Crippen LogP contribution in [0, 0.1) is 11.6 Å². The van der Waals surface area contributed by atoms with Crippen molar-refractivity contribution in [3.8, 4) is 11.8 Å². The number of ether oxygens (including phenoxy) is 2. The first kappa shape index (κ1) is 15.2. The number of hydrogen-bond acceptors (Lipinski definition) is 5. The van der Waals surface area contributed by atoms with Crippen molar-refractivity contribution < 1.29 is 18.3 Å². The van der Waals surface area contributed by atoms with E-state index in [9.17, 15) is 8.78 Å². The fourth-order valence-corrected chi connectivity index (χ4v) is 1.98. The second-order valence-electron chi connectivity index (χ2n) is 4.06. The van der Waals surface area contributed by atoms with E-state index in [1.807, 2.05) is 0 Å². The molecule has 21 heavy (non-hydrogen) atoms. The van der Waals surface area contributed by atoms with E-state index in [0.717, 1.165) is 6.07 Å². The molecule has 0 saturated heterocycles. The molecule has 112 valence electrons. The maximum atomic E-state index is 13.5. The Hall–Kier alpha value is -2.15. The van der Waals surface area contributed by atoms with Gasteiger partial charge in [-0.05, 0) is 6.07 Å². The summed E-state index contributed by atoms with van der Waals surface area (Å²) in [6.07, 6.45) is 0. The standard InChI is InChI=1S/C13H12ClF2N3O2/c1-20-9-5-10(21-2)19-13(18-9)11(14)7-3-6(15)4-8(16)12(7)17/h3-5,11H,17H2,1-2H3. The van der Waals surface area contributed by atoms with E-state index in [1.54, 1.807) is 0 Å². The lowest BCUT2D eigenvalue weighted by Crippen LogP contribution is -2.07. The normalized spacial score (nSPS) is 12.0. The van der Waals surface area contributed by atoms with Gasteiger partial charge in [0.15, 0.2) is 5.82 Å². The number of anilines is 1. The number of hydrogen-bond donors (Lipinski definition) is 1. The summed E-state index contributed by atoms with van der Waals surface area (Å²) in [6, 6.07) is 3.16. The van der Waals surface area contributed by atoms with Gasteiger partial charge < -0.3 is 15.2 Å². The first-order valence-corrected chi connectivity index (χ1v) is 6.25. The molecule has 1 heterocycles. The van der Waals surface area contributed by atoms with Gasteiger partial charge in [-0.3, -0.25) is 0 Å². The molecule has 0 radical (unpaired) electrons. The zero-order valence-corrected chi connectivity index (χ0v) is 12.0. The molecule has 0 aliphatic carbocycles. The maximum absolute atomic E-state index is 13.5. The van der Waals surface area contributed by atoms with Gasteiger partial charge in [-0.25, -0.2) is 8.78 Å². The number of rotatable bonds is 4. The summed E-state index contributed by atoms with van der Waals surface area (Å²) in [6.45, 7) is 0. The number of nitrogens with two attached hydrogens (primary N) is 1. The minimum atomic E-state index is -1.06. The van der Waals surface area contributed by atoms with Crippen LogP contribution in [0.25, 0.3) is 0 Å². The van der Waals surface area contributed by atoms with Crippen LogP contribution < -0.4 is 15.2 Å². The largest absolute Gasteiger partial charge is 0.481 e. The van der Waals surface area contributed by atoms with Crippen LogP contribution in [0.3, 0.4) is 0 Å². The average molecular weight is 316 g/mol. The lowest BCUT2D eigenvalue weighted by molar-refractivity contribution is 0.368. The smallest absolute Gasteiger partial charge is 0.220 e. The Kier molecular flexibility index (Phi) is 4.42. The highest BCUT2D eigenvalue weighted by molar-refractivity contribution is 6.22. The van der Waals surface area contributed by atoms with Crippen LogP contribution >= 0.6 is 11.6 Å². The lowest BCUT2D eigenvalue weighted by atomic mass is 10.1. The summed E-state index contributed by atoms with van der Waals surface area (Å²) >= 11 is 6.19. The third-order valence-corrected chi connectivity index (χ3v) is 3.17. The first-order chi connectivity index (χ1) is 9.96. The van der Waals surface area contributed by atoms with Crippen LogP contribution in [0.4, 0.5) is 14.5 Å². The fraction of sp³-hybridized carbons (Fsp3) is 0.231. The highest BCUT2D eigenvalue weighted by atomic mass is 35.5. The van der Waals surface area contributed by atoms with Crippen molar-refractivity contribution in [2.75, 3.05) is 20.0 Å². The molecular weight excluding hydrogens is 304 g/mol. The molecule has 0 aliphatic heterocycles. The van der Waals surface area contributed by atoms with Crippen molar-refractivity contribution in [1.29, 1.82) is 0 Å². The van der Waals surface area contributed by atoms with Crippen LogP contribution in [0.1, 0.15) is 16.8 Å². The maximum Gasteiger partial charge on any atom is 0.220 e. The highest BCUT2D eigenvalue weighted by Crippen LogP contribution is 2.34. The number of nitrogen functional groups attached to an aromatic ring is 1. The second-order valence-corrected chi connectivity index (χ2v) is 4.50. The summed E-state index contributed by atoms with van der Waals surface area (Å²) in [7, 11) is 2.82. The molecule has 5 nitrogen and oxygen atoms in total. The molecule has 0 saturated carbocycles. The number of methoxy groups -OCH3 is 2. The van der Waals surface area contributed by atoms with Gasteiger partial charge in [0.1, 0.15) is 17.0 Å². The Labute approximate surface area is 124 Å². The van der Waals surface area contributed by atoms with E-state index >= 15 is 0 Å². The summed E-state index contributed by atoms with van der Waals surface area (Å²) in [5, 5.41) is -1.06. The third kappa shape index (κ3) is 3.13. The van der Waals surface area contributed by atoms with Gasteiger partial charge in [-0.2, -0.15) is 9.97 Å². The minimum Gasteiger partial charge on any atom is -0.481 e. The quantitative estimate of drug-likeness (QED) is 0.694. The van der Waals surface area contributed by atoms with Crippen LogP contribution in [-0.2, 0) is 0 Å². The van der Waals surface area contributed by atoms with Crippen molar-refractivity contribution in [3.05, 3.63) is 41.2 Å². The van der Waals surface area contributed by atoms with Gasteiger partial charge >= 0.3 is 0 Å². The van der Waals surface area contributed by atoms with E-state index < -0.39 is 17.0 Å². The zero-order chi connectivity index (χ0) is 15.6. The molecule has 0 aliphatic rings. The van der Waals surface area contributed by atoms with E-state index in [4.69, 9.17) is 26.8 Å². The van der Waals surface area contributed by atoms with Crippen LogP contribution in [0.15, 0.2) is 18.2 Å². The Balaban J connectivity index is 2.51. The van der Waals surface area contributed by atoms with E-state index in [2.05, 4.69) is 9.97 Å². The predicted molar refractivity (Wildman–Crippen MR) is 73.6 cm³/mol. The number of nitrogens with zero attached hydrogens (tertiary/aromatic N) is 2. The topological polar surface area (TPSA) is 70.3 Å². The monoisotopic (exact) mass is 315 g/mol. The number of halogens is 3. The van der Waals surface area contributed by atoms with E-state index in [-0.39, 0.29) is 28.8 Å². The SMILES string of the molecule is COc1cc(OC)nc(C(Cl)c2cc(F)cc(F)c2N)n1. The highest BCUT2D eigenvalue weighted by Gasteiger charge is 2.22. The fourth-order valence-electron chi connectivity index (χ4n) is 1.70. The van der Waals surface area contributed by atoms with Gasteiger partial charge in [0.05, 0.1) is 26.0 Å². The van der Waals surface area contributed by atoms with Gasteiger partial charge in [-0.15, -0.1) is 11.6 Å². The lowest BCUT2D eigenvalue weighted by Gasteiger charge is -2.13. The summed E-state index contributed by atoms with van der Waals surface area (Å²) in [4.78, 5) is 8.06. The van der Waals surface area contributed by atoms with E-state index in [0.29, 0.717) is 6.07 Å². The molecule has 1 aromatic carbocycles. The van der Waals surface area contributed by atoms with Crippen molar-refractivity contribution >= 4 is 17.3 Å². The minimum absolute atomic E-state index is 0.0319. The Morgan fingerprint density at radius 1 is 1.10 bits per heavy atom. The molecule has 1 aromatic heterocycles. The van der Waals surface area contributed by atoms with Gasteiger partial charge in [-0.1, -0.05) is 0 Å². The van der Waals surface area contributed by atoms with E-state index in [1.165, 1.54) is 20.3 Å². The molecule has 1 unspecified atom stereocenters. The molecular formula is C13H12ClF2N3O2. The Morgan fingerprint density at radius 3 is 2.19 bits per heavy atom. The molecule has 0 spiro atoms. The van der Waals surface area contributed by atoms with Crippen molar-refractivity contribution in [2.45, 2.75) is 5.38 Å². The molecule has 2 rings (SSSR count).